The molecule has 2 aliphatic heterocycles. The second kappa shape index (κ2) is 16.7. The third kappa shape index (κ3) is 9.83. The number of nitrogens with one attached hydrogen (secondary N) is 1. The fourth-order valence-electron chi connectivity index (χ4n) is 6.92. The molecule has 52 heavy (non-hydrogen) atoms. The number of ether oxygens (including phenoxy) is 4. The van der Waals surface area contributed by atoms with Crippen LogP contribution in [0.5, 0.6) is 5.75 Å². The predicted octanol–water partition coefficient (Wildman–Crippen LogP) is 5.36. The smallest absolute Gasteiger partial charge is 0.410 e. The van der Waals surface area contributed by atoms with E-state index in [4.69, 9.17) is 18.9 Å². The van der Waals surface area contributed by atoms with Crippen LogP contribution < -0.4 is 19.9 Å². The SMILES string of the molecule is CCOC[C@H](Cc1ccccc1)NC(=O)[C@H]1C[C@@H](C(=O)N(c2ccc3c(c2)N(CCCOC)C(=O)C(C)(C)O3)C2CC2)CN(C(=O)OC(C)(C)C)C1. The molecule has 3 atom stereocenters. The summed E-state index contributed by atoms with van der Waals surface area (Å²) in [5.41, 5.74) is 0.522. The highest BCUT2D eigenvalue weighted by Gasteiger charge is 2.45. The molecule has 1 N–H and O–H groups in total. The van der Waals surface area contributed by atoms with Gasteiger partial charge in [-0.25, -0.2) is 4.79 Å². The molecule has 0 radical (unpaired) electrons. The number of carbonyl (C=O) groups is 4. The predicted molar refractivity (Wildman–Crippen MR) is 198 cm³/mol. The number of hydrogen-bond donors (Lipinski definition) is 1. The van der Waals surface area contributed by atoms with E-state index in [0.717, 1.165) is 18.4 Å². The van der Waals surface area contributed by atoms with Crippen molar-refractivity contribution in [3.8, 4) is 5.75 Å². The lowest BCUT2D eigenvalue weighted by Crippen LogP contribution is -2.55. The number of anilines is 2. The number of carbonyl (C=O) groups excluding carboxylic acids is 4. The van der Waals surface area contributed by atoms with E-state index in [-0.39, 0.29) is 49.3 Å². The van der Waals surface area contributed by atoms with E-state index in [1.165, 1.54) is 4.90 Å². The Morgan fingerprint density at radius 1 is 1.06 bits per heavy atom. The Balaban J connectivity index is 1.42. The van der Waals surface area contributed by atoms with Gasteiger partial charge in [0, 0.05) is 51.7 Å². The van der Waals surface area contributed by atoms with Crippen molar-refractivity contribution in [3.05, 3.63) is 54.1 Å². The summed E-state index contributed by atoms with van der Waals surface area (Å²) in [4.78, 5) is 60.8. The molecule has 0 spiro atoms. The standard InChI is InChI=1S/C40H56N4O8/c1-8-50-26-30(21-27-13-10-9-11-14-27)41-35(45)28-22-29(25-42(24-28)38(48)52-39(2,3)4)36(46)44(31-15-16-31)32-17-18-34-33(23-32)43(19-12-20-49-7)37(47)40(5,6)51-34/h9-11,13-14,17-18,23,28-31H,8,12,15-16,19-22,24-26H2,1-7H3,(H,41,45)/t28-,29+,30-/m0/s1. The van der Waals surface area contributed by atoms with E-state index in [1.807, 2.05) is 55.5 Å². The minimum Gasteiger partial charge on any atom is -0.476 e. The van der Waals surface area contributed by atoms with Crippen molar-refractivity contribution >= 4 is 35.2 Å². The van der Waals surface area contributed by atoms with Crippen molar-refractivity contribution in [2.45, 2.75) is 96.9 Å². The second-order valence-corrected chi connectivity index (χ2v) is 15.6. The van der Waals surface area contributed by atoms with Crippen LogP contribution in [0.15, 0.2) is 48.5 Å². The van der Waals surface area contributed by atoms with Crippen molar-refractivity contribution in [2.24, 2.45) is 11.8 Å². The Labute approximate surface area is 308 Å². The molecule has 0 bridgehead atoms. The summed E-state index contributed by atoms with van der Waals surface area (Å²) in [6.07, 6.45) is 2.58. The fraction of sp³-hybridized carbons (Fsp3) is 0.600. The van der Waals surface area contributed by atoms with Gasteiger partial charge < -0.3 is 39.0 Å². The maximum atomic E-state index is 14.7. The minimum atomic E-state index is -1.04. The second-order valence-electron chi connectivity index (χ2n) is 15.6. The Morgan fingerprint density at radius 3 is 2.42 bits per heavy atom. The summed E-state index contributed by atoms with van der Waals surface area (Å²) < 4.78 is 22.9. The van der Waals surface area contributed by atoms with Crippen LogP contribution in [0.4, 0.5) is 16.2 Å². The molecule has 4 amide bonds. The number of likely N-dealkylation sites (tertiary alicyclic amines) is 1. The van der Waals surface area contributed by atoms with Crippen molar-refractivity contribution in [1.29, 1.82) is 0 Å². The lowest BCUT2D eigenvalue weighted by molar-refractivity contribution is -0.133. The van der Waals surface area contributed by atoms with Gasteiger partial charge in [0.1, 0.15) is 11.4 Å². The average Bonchev–Trinajstić information content (AvgIpc) is 3.94. The van der Waals surface area contributed by atoms with Crippen LogP contribution in [-0.2, 0) is 35.0 Å². The minimum absolute atomic E-state index is 0.0326. The first-order valence-corrected chi connectivity index (χ1v) is 18.6. The van der Waals surface area contributed by atoms with Gasteiger partial charge in [-0.05, 0) is 97.4 Å². The Hall–Kier alpha value is -4.16. The van der Waals surface area contributed by atoms with E-state index in [9.17, 15) is 19.2 Å². The number of nitrogens with zero attached hydrogens (tertiary/aromatic N) is 3. The fourth-order valence-corrected chi connectivity index (χ4v) is 6.92. The van der Waals surface area contributed by atoms with E-state index in [1.54, 1.807) is 51.5 Å². The van der Waals surface area contributed by atoms with Crippen LogP contribution in [-0.4, -0.2) is 98.6 Å². The van der Waals surface area contributed by atoms with Crippen LogP contribution in [0, 0.1) is 11.8 Å². The molecular formula is C40H56N4O8. The van der Waals surface area contributed by atoms with Crippen LogP contribution in [0.2, 0.25) is 0 Å². The van der Waals surface area contributed by atoms with Gasteiger partial charge >= 0.3 is 6.09 Å². The van der Waals surface area contributed by atoms with Gasteiger partial charge in [0.05, 0.1) is 30.2 Å². The lowest BCUT2D eigenvalue weighted by atomic mass is 9.87. The first-order valence-electron chi connectivity index (χ1n) is 18.6. The van der Waals surface area contributed by atoms with Crippen molar-refractivity contribution in [2.75, 3.05) is 56.4 Å². The van der Waals surface area contributed by atoms with Crippen LogP contribution in [0.1, 0.15) is 72.8 Å². The van der Waals surface area contributed by atoms with Gasteiger partial charge in [-0.15, -0.1) is 0 Å². The first-order chi connectivity index (χ1) is 24.7. The number of methoxy groups -OCH3 is 1. The summed E-state index contributed by atoms with van der Waals surface area (Å²) in [6.45, 7) is 12.8. The third-order valence-corrected chi connectivity index (χ3v) is 9.53. The summed E-state index contributed by atoms with van der Waals surface area (Å²) in [7, 11) is 1.63. The molecule has 5 rings (SSSR count). The van der Waals surface area contributed by atoms with Gasteiger partial charge in [-0.3, -0.25) is 14.4 Å². The van der Waals surface area contributed by atoms with E-state index in [0.29, 0.717) is 56.3 Å². The molecule has 0 aromatic heterocycles. The topological polar surface area (TPSA) is 127 Å². The summed E-state index contributed by atoms with van der Waals surface area (Å²) in [5, 5.41) is 3.18. The van der Waals surface area contributed by atoms with E-state index in [2.05, 4.69) is 5.32 Å². The molecule has 2 heterocycles. The molecule has 1 aliphatic carbocycles. The van der Waals surface area contributed by atoms with Crippen LogP contribution in [0.3, 0.4) is 0 Å². The van der Waals surface area contributed by atoms with Crippen molar-refractivity contribution in [1.82, 2.24) is 10.2 Å². The molecule has 2 aromatic carbocycles. The number of fused-ring (bicyclic) bond motifs is 1. The third-order valence-electron chi connectivity index (χ3n) is 9.53. The van der Waals surface area contributed by atoms with Crippen LogP contribution in [0.25, 0.3) is 0 Å². The summed E-state index contributed by atoms with van der Waals surface area (Å²) in [6, 6.07) is 15.1. The molecule has 2 fully saturated rings. The first kappa shape index (κ1) is 39.1. The Bertz CT molecular complexity index is 1570. The number of benzene rings is 2. The van der Waals surface area contributed by atoms with Crippen molar-refractivity contribution in [3.63, 3.8) is 0 Å². The zero-order valence-corrected chi connectivity index (χ0v) is 31.8. The van der Waals surface area contributed by atoms with Crippen LogP contribution >= 0.6 is 0 Å². The number of amides is 4. The van der Waals surface area contributed by atoms with E-state index < -0.39 is 29.1 Å². The normalized spacial score (nSPS) is 20.4. The lowest BCUT2D eigenvalue weighted by Gasteiger charge is -2.40. The highest BCUT2D eigenvalue weighted by molar-refractivity contribution is 6.04. The molecule has 284 valence electrons. The average molecular weight is 721 g/mol. The maximum Gasteiger partial charge on any atom is 0.410 e. The molecule has 12 nitrogen and oxygen atoms in total. The monoisotopic (exact) mass is 720 g/mol. The zero-order chi connectivity index (χ0) is 37.6. The number of hydrogen-bond acceptors (Lipinski definition) is 8. The molecule has 0 unspecified atom stereocenters. The molecular weight excluding hydrogens is 664 g/mol. The zero-order valence-electron chi connectivity index (χ0n) is 31.8. The van der Waals surface area contributed by atoms with Gasteiger partial charge in [-0.2, -0.15) is 0 Å². The van der Waals surface area contributed by atoms with Gasteiger partial charge in [-0.1, -0.05) is 30.3 Å². The quantitative estimate of drug-likeness (QED) is 0.259. The number of piperidine rings is 1. The molecule has 3 aliphatic rings. The molecule has 1 saturated carbocycles. The van der Waals surface area contributed by atoms with Crippen molar-refractivity contribution < 1.29 is 38.1 Å². The maximum absolute atomic E-state index is 14.7. The van der Waals surface area contributed by atoms with Gasteiger partial charge in [0.25, 0.3) is 5.91 Å². The van der Waals surface area contributed by atoms with Gasteiger partial charge in [0.15, 0.2) is 5.60 Å². The largest absolute Gasteiger partial charge is 0.476 e. The Kier molecular flexibility index (Phi) is 12.5. The Morgan fingerprint density at radius 2 is 1.77 bits per heavy atom. The molecule has 12 heteroatoms. The highest BCUT2D eigenvalue weighted by atomic mass is 16.6. The highest BCUT2D eigenvalue weighted by Crippen LogP contribution is 2.43. The molecule has 1 saturated heterocycles. The van der Waals surface area contributed by atoms with E-state index >= 15 is 0 Å². The number of rotatable bonds is 14. The summed E-state index contributed by atoms with van der Waals surface area (Å²) >= 11 is 0. The molecule has 2 aromatic rings. The van der Waals surface area contributed by atoms with Gasteiger partial charge in [0.2, 0.25) is 11.8 Å². The summed E-state index contributed by atoms with van der Waals surface area (Å²) in [5.74, 6) is -1.31.